The SMILES string of the molecule is COCC(=O)N[C@H](C[C@H](C)C#N)C(N)=O. The van der Waals surface area contributed by atoms with E-state index in [9.17, 15) is 9.59 Å². The molecule has 0 spiro atoms. The van der Waals surface area contributed by atoms with E-state index >= 15 is 0 Å². The standard InChI is InChI=1S/C9H15N3O3/c1-6(4-10)3-7(9(11)14)12-8(13)5-15-2/h6-7H,3,5H2,1-2H3,(H2,11,14)(H,12,13)/t6-,7+/m0/s1. The highest BCUT2D eigenvalue weighted by Gasteiger charge is 2.20. The van der Waals surface area contributed by atoms with E-state index in [2.05, 4.69) is 10.1 Å². The Balaban J connectivity index is 4.23. The number of ether oxygens (including phenoxy) is 1. The Hall–Kier alpha value is -1.61. The largest absolute Gasteiger partial charge is 0.375 e. The molecule has 0 unspecified atom stereocenters. The van der Waals surface area contributed by atoms with Crippen LogP contribution >= 0.6 is 0 Å². The van der Waals surface area contributed by atoms with E-state index in [0.717, 1.165) is 0 Å². The van der Waals surface area contributed by atoms with Gasteiger partial charge in [0.25, 0.3) is 0 Å². The number of nitrogens with zero attached hydrogens (tertiary/aromatic N) is 1. The Bertz CT molecular complexity index is 272. The number of hydrogen-bond donors (Lipinski definition) is 2. The zero-order valence-electron chi connectivity index (χ0n) is 8.82. The summed E-state index contributed by atoms with van der Waals surface area (Å²) in [4.78, 5) is 22.0. The van der Waals surface area contributed by atoms with Crippen molar-refractivity contribution in [3.63, 3.8) is 0 Å². The third-order valence-corrected chi connectivity index (χ3v) is 1.76. The van der Waals surface area contributed by atoms with Crippen molar-refractivity contribution >= 4 is 11.8 Å². The van der Waals surface area contributed by atoms with E-state index in [-0.39, 0.29) is 18.9 Å². The first-order valence-corrected chi connectivity index (χ1v) is 4.48. The van der Waals surface area contributed by atoms with Gasteiger partial charge in [0.15, 0.2) is 0 Å². The van der Waals surface area contributed by atoms with E-state index < -0.39 is 17.9 Å². The lowest BCUT2D eigenvalue weighted by Gasteiger charge is -2.15. The molecule has 0 aliphatic heterocycles. The Labute approximate surface area is 88.4 Å². The maximum Gasteiger partial charge on any atom is 0.246 e. The molecule has 0 saturated carbocycles. The Morgan fingerprint density at radius 2 is 2.20 bits per heavy atom. The minimum atomic E-state index is -0.817. The molecule has 0 aromatic heterocycles. The van der Waals surface area contributed by atoms with Gasteiger partial charge in [-0.25, -0.2) is 0 Å². The number of nitrogens with one attached hydrogen (secondary N) is 1. The van der Waals surface area contributed by atoms with Gasteiger partial charge in [0.1, 0.15) is 12.6 Å². The Kier molecular flexibility index (Phi) is 6.06. The number of carbonyl (C=O) groups is 2. The monoisotopic (exact) mass is 213 g/mol. The first-order chi connectivity index (χ1) is 7.01. The zero-order valence-corrected chi connectivity index (χ0v) is 8.82. The van der Waals surface area contributed by atoms with Gasteiger partial charge in [-0.05, 0) is 13.3 Å². The first kappa shape index (κ1) is 13.4. The minimum absolute atomic E-state index is 0.134. The normalized spacial score (nSPS) is 13.7. The maximum atomic E-state index is 11.1. The summed E-state index contributed by atoms with van der Waals surface area (Å²) in [6.07, 6.45) is 0.210. The molecule has 0 aliphatic carbocycles. The molecule has 0 fully saturated rings. The summed E-state index contributed by atoms with van der Waals surface area (Å²) in [7, 11) is 1.37. The van der Waals surface area contributed by atoms with E-state index in [1.165, 1.54) is 7.11 Å². The summed E-state index contributed by atoms with van der Waals surface area (Å²) in [6, 6.07) is 1.15. The molecule has 0 heterocycles. The molecule has 0 bridgehead atoms. The molecule has 15 heavy (non-hydrogen) atoms. The van der Waals surface area contributed by atoms with Crippen LogP contribution in [0.25, 0.3) is 0 Å². The number of nitriles is 1. The zero-order chi connectivity index (χ0) is 11.8. The molecular formula is C9H15N3O3. The van der Waals surface area contributed by atoms with E-state index in [4.69, 9.17) is 11.0 Å². The number of amides is 2. The summed E-state index contributed by atoms with van der Waals surface area (Å²) in [6.45, 7) is 1.52. The van der Waals surface area contributed by atoms with Crippen LogP contribution in [0.1, 0.15) is 13.3 Å². The van der Waals surface area contributed by atoms with Crippen LogP contribution in [0.4, 0.5) is 0 Å². The van der Waals surface area contributed by atoms with Crippen LogP contribution in [0.15, 0.2) is 0 Å². The average Bonchev–Trinajstić information content (AvgIpc) is 2.16. The van der Waals surface area contributed by atoms with Crippen LogP contribution in [0.2, 0.25) is 0 Å². The van der Waals surface area contributed by atoms with Crippen molar-refractivity contribution in [1.29, 1.82) is 5.26 Å². The topological polar surface area (TPSA) is 105 Å². The van der Waals surface area contributed by atoms with Gasteiger partial charge in [0.05, 0.1) is 6.07 Å². The van der Waals surface area contributed by atoms with Crippen LogP contribution in [-0.2, 0) is 14.3 Å². The molecule has 6 nitrogen and oxygen atoms in total. The van der Waals surface area contributed by atoms with Gasteiger partial charge in [-0.2, -0.15) is 5.26 Å². The van der Waals surface area contributed by atoms with Crippen molar-refractivity contribution in [2.45, 2.75) is 19.4 Å². The fourth-order valence-corrected chi connectivity index (χ4v) is 1.02. The minimum Gasteiger partial charge on any atom is -0.375 e. The Morgan fingerprint density at radius 3 is 2.60 bits per heavy atom. The van der Waals surface area contributed by atoms with Gasteiger partial charge in [0.2, 0.25) is 11.8 Å². The second-order valence-electron chi connectivity index (χ2n) is 3.22. The molecule has 0 aliphatic rings. The summed E-state index contributed by atoms with van der Waals surface area (Å²) in [5.41, 5.74) is 5.08. The summed E-state index contributed by atoms with van der Waals surface area (Å²) >= 11 is 0. The molecule has 2 atom stereocenters. The average molecular weight is 213 g/mol. The molecule has 0 radical (unpaired) electrons. The molecular weight excluding hydrogens is 198 g/mol. The highest BCUT2D eigenvalue weighted by atomic mass is 16.5. The van der Waals surface area contributed by atoms with Crippen molar-refractivity contribution in [2.24, 2.45) is 11.7 Å². The number of primary amides is 1. The predicted octanol–water partition coefficient (Wildman–Crippen LogP) is -0.847. The molecule has 6 heteroatoms. The van der Waals surface area contributed by atoms with Crippen molar-refractivity contribution < 1.29 is 14.3 Å². The molecule has 2 amide bonds. The lowest BCUT2D eigenvalue weighted by atomic mass is 10.0. The van der Waals surface area contributed by atoms with Crippen LogP contribution in [0, 0.1) is 17.2 Å². The fourth-order valence-electron chi connectivity index (χ4n) is 1.02. The number of rotatable bonds is 6. The molecule has 0 saturated heterocycles. The summed E-state index contributed by atoms with van der Waals surface area (Å²) < 4.78 is 4.59. The third-order valence-electron chi connectivity index (χ3n) is 1.76. The maximum absolute atomic E-state index is 11.1. The lowest BCUT2D eigenvalue weighted by molar-refractivity contribution is -0.129. The van der Waals surface area contributed by atoms with Crippen molar-refractivity contribution in [3.05, 3.63) is 0 Å². The fraction of sp³-hybridized carbons (Fsp3) is 0.667. The highest BCUT2D eigenvalue weighted by molar-refractivity contribution is 5.87. The third kappa shape index (κ3) is 5.65. The van der Waals surface area contributed by atoms with Crippen molar-refractivity contribution in [2.75, 3.05) is 13.7 Å². The van der Waals surface area contributed by atoms with E-state index in [0.29, 0.717) is 0 Å². The molecule has 0 aromatic carbocycles. The van der Waals surface area contributed by atoms with Gasteiger partial charge >= 0.3 is 0 Å². The summed E-state index contributed by atoms with van der Waals surface area (Å²) in [5, 5.41) is 11.0. The van der Waals surface area contributed by atoms with E-state index in [1.807, 2.05) is 6.07 Å². The molecule has 3 N–H and O–H groups in total. The van der Waals surface area contributed by atoms with Crippen LogP contribution in [-0.4, -0.2) is 31.6 Å². The van der Waals surface area contributed by atoms with Gasteiger partial charge in [-0.1, -0.05) is 0 Å². The second kappa shape index (κ2) is 6.79. The summed E-state index contributed by atoms with van der Waals surface area (Å²) in [5.74, 6) is -1.42. The van der Waals surface area contributed by atoms with Crippen LogP contribution < -0.4 is 11.1 Å². The Morgan fingerprint density at radius 1 is 1.60 bits per heavy atom. The lowest BCUT2D eigenvalue weighted by Crippen LogP contribution is -2.46. The van der Waals surface area contributed by atoms with E-state index in [1.54, 1.807) is 6.92 Å². The second-order valence-corrected chi connectivity index (χ2v) is 3.22. The molecule has 0 aromatic rings. The van der Waals surface area contributed by atoms with Gasteiger partial charge in [-0.15, -0.1) is 0 Å². The van der Waals surface area contributed by atoms with Gasteiger partial charge < -0.3 is 15.8 Å². The van der Waals surface area contributed by atoms with Gasteiger partial charge in [-0.3, -0.25) is 9.59 Å². The van der Waals surface area contributed by atoms with Crippen molar-refractivity contribution in [3.8, 4) is 6.07 Å². The van der Waals surface area contributed by atoms with Gasteiger partial charge in [0, 0.05) is 13.0 Å². The molecule has 0 rings (SSSR count). The number of hydrogen-bond acceptors (Lipinski definition) is 4. The predicted molar refractivity (Wildman–Crippen MR) is 52.4 cm³/mol. The number of nitrogens with two attached hydrogens (primary N) is 1. The quantitative estimate of drug-likeness (QED) is 0.599. The number of methoxy groups -OCH3 is 1. The number of carbonyl (C=O) groups excluding carboxylic acids is 2. The first-order valence-electron chi connectivity index (χ1n) is 4.48. The highest BCUT2D eigenvalue weighted by Crippen LogP contribution is 2.04. The molecule has 84 valence electrons. The van der Waals surface area contributed by atoms with Crippen molar-refractivity contribution in [1.82, 2.24) is 5.32 Å². The van der Waals surface area contributed by atoms with Crippen LogP contribution in [0.3, 0.4) is 0 Å². The smallest absolute Gasteiger partial charge is 0.246 e. The van der Waals surface area contributed by atoms with Crippen LogP contribution in [0.5, 0.6) is 0 Å².